The van der Waals surface area contributed by atoms with Gasteiger partial charge in [-0.05, 0) is 38.4 Å². The minimum absolute atomic E-state index is 0.0316. The van der Waals surface area contributed by atoms with E-state index in [1.807, 2.05) is 26.0 Å². The highest BCUT2D eigenvalue weighted by atomic mass is 16.5. The van der Waals surface area contributed by atoms with Crippen LogP contribution in [-0.2, 0) is 11.2 Å². The lowest BCUT2D eigenvalue weighted by Crippen LogP contribution is -2.34. The Morgan fingerprint density at radius 1 is 1.42 bits per heavy atom. The van der Waals surface area contributed by atoms with Crippen LogP contribution in [0, 0.1) is 0 Å². The molecule has 0 aliphatic carbocycles. The van der Waals surface area contributed by atoms with Crippen molar-refractivity contribution in [3.05, 3.63) is 23.8 Å². The molecule has 0 saturated heterocycles. The third-order valence-corrected chi connectivity index (χ3v) is 2.49. The summed E-state index contributed by atoms with van der Waals surface area (Å²) >= 11 is 0. The van der Waals surface area contributed by atoms with Gasteiger partial charge in [-0.2, -0.15) is 0 Å². The number of carbonyl (C=O) groups excluding carboxylic acids is 1. The first-order chi connectivity index (χ1) is 9.08. The minimum atomic E-state index is -0.153. The fourth-order valence-electron chi connectivity index (χ4n) is 1.74. The molecule has 0 aliphatic rings. The van der Waals surface area contributed by atoms with Gasteiger partial charge in [0.15, 0.2) is 18.1 Å². The zero-order valence-corrected chi connectivity index (χ0v) is 11.7. The molecule has 0 bridgehead atoms. The molecule has 1 amide bonds. The number of nitrogens with two attached hydrogens (primary N) is 1. The molecule has 1 rings (SSSR count). The maximum Gasteiger partial charge on any atom is 0.258 e. The molecule has 0 saturated carbocycles. The zero-order chi connectivity index (χ0) is 14.3. The van der Waals surface area contributed by atoms with E-state index in [0.717, 1.165) is 5.56 Å². The minimum Gasteiger partial charge on any atom is -0.493 e. The highest BCUT2D eigenvalue weighted by Gasteiger charge is 2.12. The van der Waals surface area contributed by atoms with Crippen molar-refractivity contribution in [3.8, 4) is 11.5 Å². The van der Waals surface area contributed by atoms with Crippen molar-refractivity contribution in [2.75, 3.05) is 20.3 Å². The first-order valence-corrected chi connectivity index (χ1v) is 6.36. The SMILES string of the molecule is COc1cccc(CCN)c1OCC(=O)NC(C)C. The average Bonchev–Trinajstić information content (AvgIpc) is 2.36. The van der Waals surface area contributed by atoms with E-state index in [9.17, 15) is 4.79 Å². The summed E-state index contributed by atoms with van der Waals surface area (Å²) in [5, 5.41) is 2.77. The fraction of sp³-hybridized carbons (Fsp3) is 0.500. The third kappa shape index (κ3) is 4.79. The number of para-hydroxylation sites is 1. The number of hydrogen-bond donors (Lipinski definition) is 2. The number of carbonyl (C=O) groups is 1. The molecule has 5 nitrogen and oxygen atoms in total. The summed E-state index contributed by atoms with van der Waals surface area (Å²) in [5.41, 5.74) is 6.51. The Morgan fingerprint density at radius 2 is 2.16 bits per heavy atom. The molecule has 5 heteroatoms. The maximum absolute atomic E-state index is 11.6. The molecule has 1 aromatic rings. The predicted octanol–water partition coefficient (Wildman–Crippen LogP) is 1.10. The second-order valence-corrected chi connectivity index (χ2v) is 4.50. The van der Waals surface area contributed by atoms with E-state index in [-0.39, 0.29) is 18.6 Å². The maximum atomic E-state index is 11.6. The van der Waals surface area contributed by atoms with E-state index < -0.39 is 0 Å². The Hall–Kier alpha value is -1.75. The molecule has 0 unspecified atom stereocenters. The molecule has 0 fully saturated rings. The number of nitrogens with one attached hydrogen (secondary N) is 1. The Morgan fingerprint density at radius 3 is 2.74 bits per heavy atom. The highest BCUT2D eigenvalue weighted by Crippen LogP contribution is 2.31. The molecular weight excluding hydrogens is 244 g/mol. The summed E-state index contributed by atoms with van der Waals surface area (Å²) in [4.78, 5) is 11.6. The van der Waals surface area contributed by atoms with E-state index in [4.69, 9.17) is 15.2 Å². The number of hydrogen-bond acceptors (Lipinski definition) is 4. The number of rotatable bonds is 7. The van der Waals surface area contributed by atoms with Gasteiger partial charge in [-0.1, -0.05) is 12.1 Å². The van der Waals surface area contributed by atoms with Gasteiger partial charge in [0.1, 0.15) is 0 Å². The summed E-state index contributed by atoms with van der Waals surface area (Å²) in [6.07, 6.45) is 0.679. The topological polar surface area (TPSA) is 73.6 Å². The molecule has 106 valence electrons. The van der Waals surface area contributed by atoms with Crippen molar-refractivity contribution < 1.29 is 14.3 Å². The van der Waals surface area contributed by atoms with Gasteiger partial charge in [0.05, 0.1) is 7.11 Å². The fourth-order valence-corrected chi connectivity index (χ4v) is 1.74. The summed E-state index contributed by atoms with van der Waals surface area (Å²) in [6, 6.07) is 5.70. The van der Waals surface area contributed by atoms with Crippen molar-refractivity contribution in [1.29, 1.82) is 0 Å². The standard InChI is InChI=1S/C14H22N2O3/c1-10(2)16-13(17)9-19-14-11(7-8-15)5-4-6-12(14)18-3/h4-6,10H,7-9,15H2,1-3H3,(H,16,17). The number of amides is 1. The molecule has 19 heavy (non-hydrogen) atoms. The molecule has 0 spiro atoms. The van der Waals surface area contributed by atoms with Crippen LogP contribution >= 0.6 is 0 Å². The van der Waals surface area contributed by atoms with Crippen LogP contribution in [-0.4, -0.2) is 32.2 Å². The van der Waals surface area contributed by atoms with Crippen molar-refractivity contribution in [3.63, 3.8) is 0 Å². The van der Waals surface area contributed by atoms with Crippen LogP contribution in [0.15, 0.2) is 18.2 Å². The van der Waals surface area contributed by atoms with Gasteiger partial charge in [0.2, 0.25) is 0 Å². The van der Waals surface area contributed by atoms with E-state index in [0.29, 0.717) is 24.5 Å². The summed E-state index contributed by atoms with van der Waals surface area (Å²) in [7, 11) is 1.57. The molecule has 0 aromatic heterocycles. The number of ether oxygens (including phenoxy) is 2. The van der Waals surface area contributed by atoms with Crippen LogP contribution < -0.4 is 20.5 Å². The lowest BCUT2D eigenvalue weighted by molar-refractivity contribution is -0.123. The summed E-state index contributed by atoms with van der Waals surface area (Å²) in [5.74, 6) is 1.05. The molecule has 0 atom stereocenters. The second kappa shape index (κ2) is 7.63. The second-order valence-electron chi connectivity index (χ2n) is 4.50. The lowest BCUT2D eigenvalue weighted by atomic mass is 10.1. The average molecular weight is 266 g/mol. The predicted molar refractivity (Wildman–Crippen MR) is 74.5 cm³/mol. The van der Waals surface area contributed by atoms with E-state index in [1.165, 1.54) is 0 Å². The Bertz CT molecular complexity index is 419. The van der Waals surface area contributed by atoms with Gasteiger partial charge in [-0.15, -0.1) is 0 Å². The third-order valence-electron chi connectivity index (χ3n) is 2.49. The monoisotopic (exact) mass is 266 g/mol. The molecule has 0 heterocycles. The first-order valence-electron chi connectivity index (χ1n) is 6.36. The zero-order valence-electron chi connectivity index (χ0n) is 11.7. The molecule has 0 radical (unpaired) electrons. The molecule has 1 aromatic carbocycles. The number of benzene rings is 1. The molecule has 3 N–H and O–H groups in total. The van der Waals surface area contributed by atoms with Crippen LogP contribution in [0.2, 0.25) is 0 Å². The highest BCUT2D eigenvalue weighted by molar-refractivity contribution is 5.77. The van der Waals surface area contributed by atoms with Crippen LogP contribution in [0.1, 0.15) is 19.4 Å². The van der Waals surface area contributed by atoms with Crippen LogP contribution in [0.3, 0.4) is 0 Å². The lowest BCUT2D eigenvalue weighted by Gasteiger charge is -2.15. The van der Waals surface area contributed by atoms with Gasteiger partial charge in [-0.3, -0.25) is 4.79 Å². The van der Waals surface area contributed by atoms with Gasteiger partial charge < -0.3 is 20.5 Å². The first kappa shape index (κ1) is 15.3. The van der Waals surface area contributed by atoms with Crippen molar-refractivity contribution in [1.82, 2.24) is 5.32 Å². The number of methoxy groups -OCH3 is 1. The van der Waals surface area contributed by atoms with Crippen molar-refractivity contribution in [2.45, 2.75) is 26.3 Å². The smallest absolute Gasteiger partial charge is 0.258 e. The van der Waals surface area contributed by atoms with Gasteiger partial charge in [0.25, 0.3) is 5.91 Å². The van der Waals surface area contributed by atoms with Crippen LogP contribution in [0.5, 0.6) is 11.5 Å². The van der Waals surface area contributed by atoms with Crippen molar-refractivity contribution >= 4 is 5.91 Å². The van der Waals surface area contributed by atoms with Gasteiger partial charge in [0, 0.05) is 6.04 Å². The normalized spacial score (nSPS) is 10.4. The van der Waals surface area contributed by atoms with E-state index in [2.05, 4.69) is 5.32 Å². The summed E-state index contributed by atoms with van der Waals surface area (Å²) in [6.45, 7) is 4.29. The van der Waals surface area contributed by atoms with Gasteiger partial charge in [-0.25, -0.2) is 0 Å². The van der Waals surface area contributed by atoms with E-state index >= 15 is 0 Å². The van der Waals surface area contributed by atoms with Crippen LogP contribution in [0.4, 0.5) is 0 Å². The van der Waals surface area contributed by atoms with E-state index in [1.54, 1.807) is 13.2 Å². The Kier molecular flexibility index (Phi) is 6.15. The molecular formula is C14H22N2O3. The Labute approximate surface area is 114 Å². The van der Waals surface area contributed by atoms with Crippen molar-refractivity contribution in [2.24, 2.45) is 5.73 Å². The Balaban J connectivity index is 2.77. The largest absolute Gasteiger partial charge is 0.493 e. The summed E-state index contributed by atoms with van der Waals surface area (Å²) < 4.78 is 10.8. The quantitative estimate of drug-likeness (QED) is 0.775. The van der Waals surface area contributed by atoms with Crippen LogP contribution in [0.25, 0.3) is 0 Å². The van der Waals surface area contributed by atoms with Gasteiger partial charge >= 0.3 is 0 Å². The molecule has 0 aliphatic heterocycles.